The van der Waals surface area contributed by atoms with Crippen molar-refractivity contribution in [3.8, 4) is 5.75 Å². The molecule has 0 saturated carbocycles. The fourth-order valence-corrected chi connectivity index (χ4v) is 2.74. The Morgan fingerprint density at radius 2 is 1.85 bits per heavy atom. The number of rotatable bonds is 10. The van der Waals surface area contributed by atoms with Crippen molar-refractivity contribution in [2.45, 2.75) is 39.0 Å². The Balaban J connectivity index is 2.33. The van der Waals surface area contributed by atoms with Gasteiger partial charge in [-0.15, -0.1) is 4.73 Å². The van der Waals surface area contributed by atoms with E-state index in [2.05, 4.69) is 12.2 Å². The number of hydrogen-bond acceptors (Lipinski definition) is 5. The van der Waals surface area contributed by atoms with Crippen molar-refractivity contribution in [3.63, 3.8) is 0 Å². The van der Waals surface area contributed by atoms with Crippen LogP contribution in [-0.4, -0.2) is 40.0 Å². The van der Waals surface area contributed by atoms with Crippen LogP contribution in [0.3, 0.4) is 0 Å². The van der Waals surface area contributed by atoms with Crippen molar-refractivity contribution < 1.29 is 24.6 Å². The van der Waals surface area contributed by atoms with Crippen molar-refractivity contribution in [2.75, 3.05) is 13.2 Å². The first-order valence-corrected chi connectivity index (χ1v) is 8.97. The lowest BCUT2D eigenvalue weighted by Gasteiger charge is -2.15. The van der Waals surface area contributed by atoms with Gasteiger partial charge in [-0.2, -0.15) is 0 Å². The Kier molecular flexibility index (Phi) is 7.22. The van der Waals surface area contributed by atoms with Gasteiger partial charge in [0.2, 0.25) is 0 Å². The molecule has 2 aromatic rings. The fourth-order valence-electron chi connectivity index (χ4n) is 2.74. The number of aromatic nitrogens is 1. The Labute approximate surface area is 156 Å². The number of amides is 1. The molecule has 0 atom stereocenters. The van der Waals surface area contributed by atoms with Crippen LogP contribution >= 0.6 is 0 Å². The summed E-state index contributed by atoms with van der Waals surface area (Å²) >= 11 is 0. The minimum atomic E-state index is -1.26. The van der Waals surface area contributed by atoms with Crippen LogP contribution in [0, 0.1) is 0 Å². The number of carbonyl (C=O) groups is 2. The topological polar surface area (TPSA) is 118 Å². The second kappa shape index (κ2) is 9.61. The largest absolute Gasteiger partial charge is 0.506 e. The van der Waals surface area contributed by atoms with Crippen LogP contribution in [-0.2, 0) is 4.79 Å². The lowest BCUT2D eigenvalue weighted by Crippen LogP contribution is -2.37. The summed E-state index contributed by atoms with van der Waals surface area (Å²) < 4.78 is 0.991. The summed E-state index contributed by atoms with van der Waals surface area (Å²) in [4.78, 5) is 41.2. The molecular formula is C19H24N2O6. The van der Waals surface area contributed by atoms with Gasteiger partial charge in [0.25, 0.3) is 11.5 Å². The Bertz CT molecular complexity index is 874. The molecule has 0 radical (unpaired) electrons. The first kappa shape index (κ1) is 20.3. The molecule has 146 valence electrons. The molecule has 3 N–H and O–H groups in total. The van der Waals surface area contributed by atoms with Crippen LogP contribution in [0.2, 0.25) is 0 Å². The number of hydrogen-bond donors (Lipinski definition) is 3. The monoisotopic (exact) mass is 376 g/mol. The average Bonchev–Trinajstić information content (AvgIpc) is 2.65. The van der Waals surface area contributed by atoms with E-state index in [-0.39, 0.29) is 12.0 Å². The van der Waals surface area contributed by atoms with Crippen molar-refractivity contribution in [3.05, 3.63) is 40.2 Å². The summed E-state index contributed by atoms with van der Waals surface area (Å²) in [5, 5.41) is 21.4. The van der Waals surface area contributed by atoms with Gasteiger partial charge in [-0.1, -0.05) is 38.3 Å². The average molecular weight is 376 g/mol. The molecule has 0 unspecified atom stereocenters. The highest BCUT2D eigenvalue weighted by Crippen LogP contribution is 2.25. The summed E-state index contributed by atoms with van der Waals surface area (Å²) in [6, 6.07) is 6.50. The molecule has 0 aliphatic carbocycles. The van der Waals surface area contributed by atoms with E-state index in [9.17, 15) is 19.5 Å². The third-order valence-electron chi connectivity index (χ3n) is 4.11. The van der Waals surface area contributed by atoms with Crippen LogP contribution in [0.5, 0.6) is 5.75 Å². The van der Waals surface area contributed by atoms with E-state index >= 15 is 0 Å². The number of unbranched alkanes of at least 4 members (excludes halogenated alkanes) is 4. The van der Waals surface area contributed by atoms with E-state index in [1.807, 2.05) is 0 Å². The van der Waals surface area contributed by atoms with Crippen LogP contribution in [0.4, 0.5) is 0 Å². The maximum absolute atomic E-state index is 12.7. The number of para-hydroxylation sites is 1. The molecule has 1 amide bonds. The maximum Gasteiger partial charge on any atom is 0.322 e. The van der Waals surface area contributed by atoms with E-state index in [1.165, 1.54) is 0 Å². The minimum Gasteiger partial charge on any atom is -0.506 e. The SMILES string of the molecule is CCCCCCCOn1c(=O)c(C(=O)NCC(=O)O)c(O)c2ccccc21. The normalized spacial score (nSPS) is 10.7. The molecule has 8 nitrogen and oxygen atoms in total. The Hall–Kier alpha value is -3.03. The number of carboxylic acids is 1. The minimum absolute atomic E-state index is 0.267. The molecular weight excluding hydrogens is 352 g/mol. The maximum atomic E-state index is 12.7. The summed E-state index contributed by atoms with van der Waals surface area (Å²) in [7, 11) is 0. The Morgan fingerprint density at radius 3 is 2.56 bits per heavy atom. The number of aliphatic carboxylic acids is 1. The summed E-state index contributed by atoms with van der Waals surface area (Å²) in [6.45, 7) is 1.74. The quantitative estimate of drug-likeness (QED) is 0.545. The molecule has 0 saturated heterocycles. The first-order valence-electron chi connectivity index (χ1n) is 8.97. The van der Waals surface area contributed by atoms with Gasteiger partial charge in [0.1, 0.15) is 18.9 Å². The number of nitrogens with one attached hydrogen (secondary N) is 1. The summed E-state index contributed by atoms with van der Waals surface area (Å²) in [5.41, 5.74) is -1.04. The number of aromatic hydroxyl groups is 1. The highest BCUT2D eigenvalue weighted by Gasteiger charge is 2.23. The number of carbonyl (C=O) groups excluding carboxylic acids is 1. The van der Waals surface area contributed by atoms with E-state index in [0.29, 0.717) is 5.52 Å². The third-order valence-corrected chi connectivity index (χ3v) is 4.11. The Morgan fingerprint density at radius 1 is 1.15 bits per heavy atom. The molecule has 0 aliphatic heterocycles. The number of fused-ring (bicyclic) bond motifs is 1. The molecule has 0 bridgehead atoms. The smallest absolute Gasteiger partial charge is 0.322 e. The lowest BCUT2D eigenvalue weighted by molar-refractivity contribution is -0.135. The van der Waals surface area contributed by atoms with E-state index < -0.39 is 35.3 Å². The zero-order valence-corrected chi connectivity index (χ0v) is 15.2. The molecule has 1 heterocycles. The van der Waals surface area contributed by atoms with Gasteiger partial charge < -0.3 is 20.4 Å². The summed E-state index contributed by atoms with van der Waals surface area (Å²) in [5.74, 6) is -2.72. The van der Waals surface area contributed by atoms with E-state index in [0.717, 1.165) is 36.8 Å². The zero-order chi connectivity index (χ0) is 19.8. The molecule has 1 aromatic heterocycles. The predicted molar refractivity (Wildman–Crippen MR) is 100 cm³/mol. The lowest BCUT2D eigenvalue weighted by atomic mass is 10.1. The number of carboxylic acid groups (broad SMARTS) is 1. The van der Waals surface area contributed by atoms with Gasteiger partial charge in [-0.3, -0.25) is 14.4 Å². The summed E-state index contributed by atoms with van der Waals surface area (Å²) in [6.07, 6.45) is 5.05. The molecule has 0 spiro atoms. The third kappa shape index (κ3) is 4.99. The molecule has 0 aliphatic rings. The van der Waals surface area contributed by atoms with Gasteiger partial charge in [0.05, 0.1) is 5.52 Å². The van der Waals surface area contributed by atoms with Crippen molar-refractivity contribution in [2.24, 2.45) is 0 Å². The second-order valence-corrected chi connectivity index (χ2v) is 6.16. The highest BCUT2D eigenvalue weighted by atomic mass is 16.7. The van der Waals surface area contributed by atoms with Crippen LogP contribution in [0.1, 0.15) is 49.4 Å². The zero-order valence-electron chi connectivity index (χ0n) is 15.2. The molecule has 2 rings (SSSR count). The van der Waals surface area contributed by atoms with Crippen molar-refractivity contribution in [1.82, 2.24) is 10.0 Å². The first-order chi connectivity index (χ1) is 13.0. The van der Waals surface area contributed by atoms with Crippen molar-refractivity contribution in [1.29, 1.82) is 0 Å². The van der Waals surface area contributed by atoms with Gasteiger partial charge in [-0.25, -0.2) is 0 Å². The van der Waals surface area contributed by atoms with Gasteiger partial charge in [0.15, 0.2) is 5.56 Å². The molecule has 0 fully saturated rings. The van der Waals surface area contributed by atoms with Gasteiger partial charge in [-0.05, 0) is 25.0 Å². The van der Waals surface area contributed by atoms with E-state index in [1.54, 1.807) is 24.3 Å². The van der Waals surface area contributed by atoms with E-state index in [4.69, 9.17) is 9.94 Å². The van der Waals surface area contributed by atoms with Crippen molar-refractivity contribution >= 4 is 22.8 Å². The molecule has 8 heteroatoms. The number of nitrogens with zero attached hydrogens (tertiary/aromatic N) is 1. The standard InChI is InChI=1S/C19H24N2O6/c1-2-3-4-5-8-11-27-21-14-10-7-6-9-13(14)17(24)16(19(21)26)18(25)20-12-15(22)23/h6-7,9-10,24H,2-5,8,11-12H2,1H3,(H,20,25)(H,22,23). The second-order valence-electron chi connectivity index (χ2n) is 6.16. The molecule has 27 heavy (non-hydrogen) atoms. The van der Waals surface area contributed by atoms with Gasteiger partial charge >= 0.3 is 5.97 Å². The number of benzene rings is 1. The highest BCUT2D eigenvalue weighted by molar-refractivity contribution is 6.02. The van der Waals surface area contributed by atoms with Crippen LogP contribution in [0.25, 0.3) is 10.9 Å². The van der Waals surface area contributed by atoms with Crippen LogP contribution < -0.4 is 15.7 Å². The predicted octanol–water partition coefficient (Wildman–Crippen LogP) is 1.92. The fraction of sp³-hybridized carbons (Fsp3) is 0.421. The van der Waals surface area contributed by atoms with Gasteiger partial charge in [0, 0.05) is 5.39 Å². The van der Waals surface area contributed by atoms with Crippen LogP contribution in [0.15, 0.2) is 29.1 Å². The number of pyridine rings is 1. The molecule has 1 aromatic carbocycles.